The number of benzene rings is 4. The zero-order valence-electron chi connectivity index (χ0n) is 47.0. The monoisotopic (exact) mass is 1250 g/mol. The second-order valence-corrected chi connectivity index (χ2v) is 23.0. The van der Waals surface area contributed by atoms with Gasteiger partial charge in [0.1, 0.15) is 46.1 Å². The Hall–Kier alpha value is -9.22. The van der Waals surface area contributed by atoms with Crippen LogP contribution in [0.25, 0.3) is 63.6 Å². The van der Waals surface area contributed by atoms with Gasteiger partial charge in [-0.15, -0.1) is 22.7 Å². The summed E-state index contributed by atoms with van der Waals surface area (Å²) in [5.41, 5.74) is 5.67. The Morgan fingerprint density at radius 3 is 1.58 bits per heavy atom. The average molecular weight is 1250 g/mol. The first-order valence-corrected chi connectivity index (χ1v) is 29.0. The van der Waals surface area contributed by atoms with Gasteiger partial charge in [0, 0.05) is 54.7 Å². The van der Waals surface area contributed by atoms with E-state index in [4.69, 9.17) is 38.1 Å². The molecular formula is C59H50F6N12O9S2. The van der Waals surface area contributed by atoms with Gasteiger partial charge in [0.15, 0.2) is 23.1 Å². The molecule has 88 heavy (non-hydrogen) atoms. The Morgan fingerprint density at radius 2 is 1.07 bits per heavy atom. The van der Waals surface area contributed by atoms with Crippen LogP contribution in [0.3, 0.4) is 0 Å². The highest BCUT2D eigenvalue weighted by Gasteiger charge is 2.46. The zero-order valence-corrected chi connectivity index (χ0v) is 48.6. The van der Waals surface area contributed by atoms with Crippen LogP contribution in [0.1, 0.15) is 61.3 Å². The number of fused-ring (bicyclic) bond motifs is 4. The fraction of sp³-hybridized carbons (Fsp3) is 0.322. The summed E-state index contributed by atoms with van der Waals surface area (Å²) in [6, 6.07) is 12.4. The van der Waals surface area contributed by atoms with Gasteiger partial charge in [0.25, 0.3) is 11.8 Å². The predicted molar refractivity (Wildman–Crippen MR) is 310 cm³/mol. The molecule has 0 spiro atoms. The summed E-state index contributed by atoms with van der Waals surface area (Å²) in [4.78, 5) is 70.3. The van der Waals surface area contributed by atoms with Crippen molar-refractivity contribution in [2.24, 2.45) is 0 Å². The van der Waals surface area contributed by atoms with Gasteiger partial charge in [0.2, 0.25) is 11.8 Å². The van der Waals surface area contributed by atoms with Crippen molar-refractivity contribution in [3.8, 4) is 44.4 Å². The van der Waals surface area contributed by atoms with Crippen molar-refractivity contribution in [1.82, 2.24) is 49.8 Å². The number of amides is 2. The maximum absolute atomic E-state index is 15.8. The first-order chi connectivity index (χ1) is 42.3. The van der Waals surface area contributed by atoms with Crippen molar-refractivity contribution in [1.29, 1.82) is 0 Å². The van der Waals surface area contributed by atoms with Crippen molar-refractivity contribution in [2.45, 2.75) is 102 Å². The standard InChI is InChI=1S/C59H50F6N12O9S2/c1-28-11-33(52-39(12-28)74-50(80-3)25-70-52)54-76-37-15-35(60)43(17-47(37)87-54)83-46-20-59(64,65)9-6-42(46)86-57(79)73-32-23-68-49(69-24-32)7-10-82-27-30-13-34(53-40(14-30)75-51(81-4)26-71-53)55-77-38-16-36(61)44(18-48(38)88-55)84-45-19-58(62,63)8-5-41(45)85-56(78)72-31-21-66-29(2)67-22-31/h11-18,21-26,41-42,45-46H,5-10,19-20,27H2,1-4H3,(H,72,78)(H,73,79)/t41-,42-,45+,46+/m1/s1. The van der Waals surface area contributed by atoms with Gasteiger partial charge in [-0.05, 0) is 62.1 Å². The topological polar surface area (TPSA) is 252 Å². The van der Waals surface area contributed by atoms with Crippen molar-refractivity contribution in [3.63, 3.8) is 0 Å². The van der Waals surface area contributed by atoms with Gasteiger partial charge < -0.3 is 33.2 Å². The van der Waals surface area contributed by atoms with Gasteiger partial charge >= 0.3 is 12.2 Å². The van der Waals surface area contributed by atoms with E-state index in [1.54, 1.807) is 19.1 Å². The molecule has 0 unspecified atom stereocenters. The molecule has 4 atom stereocenters. The molecule has 0 bridgehead atoms. The smallest absolute Gasteiger partial charge is 0.412 e. The molecule has 0 saturated heterocycles. The highest BCUT2D eigenvalue weighted by Crippen LogP contribution is 2.43. The molecule has 2 aliphatic carbocycles. The van der Waals surface area contributed by atoms with Crippen LogP contribution in [0.15, 0.2) is 85.7 Å². The predicted octanol–water partition coefficient (Wildman–Crippen LogP) is 12.7. The van der Waals surface area contributed by atoms with E-state index in [2.05, 4.69) is 55.5 Å². The fourth-order valence-electron chi connectivity index (χ4n) is 10.2. The number of rotatable bonds is 17. The lowest BCUT2D eigenvalue weighted by Crippen LogP contribution is -2.45. The second-order valence-electron chi connectivity index (χ2n) is 20.9. The average Bonchev–Trinajstić information content (AvgIpc) is 1.66. The third-order valence-electron chi connectivity index (χ3n) is 14.4. The van der Waals surface area contributed by atoms with Crippen LogP contribution >= 0.6 is 22.7 Å². The Bertz CT molecular complexity index is 4280. The van der Waals surface area contributed by atoms with Gasteiger partial charge in [0.05, 0.1) is 131 Å². The number of carbonyl (C=O) groups excluding carboxylic acids is 2. The molecule has 6 heterocycles. The molecule has 2 amide bonds. The third-order valence-corrected chi connectivity index (χ3v) is 16.5. The fourth-order valence-corrected chi connectivity index (χ4v) is 12.2. The summed E-state index contributed by atoms with van der Waals surface area (Å²) in [5, 5.41) is 5.94. The number of alkyl halides is 4. The van der Waals surface area contributed by atoms with E-state index < -0.39 is 85.8 Å². The van der Waals surface area contributed by atoms with Crippen LogP contribution in [-0.2, 0) is 27.2 Å². The molecule has 2 aliphatic rings. The zero-order chi connectivity index (χ0) is 61.4. The number of carbonyl (C=O) groups is 2. The second kappa shape index (κ2) is 24.5. The van der Waals surface area contributed by atoms with Crippen LogP contribution in [0.4, 0.5) is 47.3 Å². The quantitative estimate of drug-likeness (QED) is 0.0635. The number of aryl methyl sites for hydroxylation is 2. The summed E-state index contributed by atoms with van der Waals surface area (Å²) >= 11 is 2.40. The molecule has 2 saturated carbocycles. The molecule has 6 aromatic heterocycles. The Balaban J connectivity index is 0.675. The Morgan fingerprint density at radius 1 is 0.580 bits per heavy atom. The number of hydrogen-bond acceptors (Lipinski definition) is 21. The molecule has 10 aromatic rings. The lowest BCUT2D eigenvalue weighted by Gasteiger charge is -2.35. The lowest BCUT2D eigenvalue weighted by molar-refractivity contribution is -0.114. The van der Waals surface area contributed by atoms with Crippen LogP contribution < -0.4 is 29.6 Å². The van der Waals surface area contributed by atoms with Crippen LogP contribution in [0.2, 0.25) is 0 Å². The molecule has 0 aliphatic heterocycles. The molecule has 29 heteroatoms. The van der Waals surface area contributed by atoms with Crippen molar-refractivity contribution in [3.05, 3.63) is 120 Å². The van der Waals surface area contributed by atoms with E-state index in [1.807, 2.05) is 19.1 Å². The molecule has 2 N–H and O–H groups in total. The van der Waals surface area contributed by atoms with Crippen molar-refractivity contribution >= 4 is 88.7 Å². The maximum atomic E-state index is 15.8. The number of aromatic nitrogens is 10. The molecule has 4 aromatic carbocycles. The SMILES string of the molecule is COc1cnc2c(-c3nc4cc(F)c(O[C@H]5CC(F)(F)CC[C@H]5OC(=O)Nc5cnc(CCOCc6cc(-c7nc8cc(F)c(O[C@H]9CC(F)(F)CC[C@H]9OC(=O)Nc9cnc(C)nc9)cc8s7)c7ncc(OC)nc7c6)nc5)cc4s3)cc(C)cc2n1. The van der Waals surface area contributed by atoms with Gasteiger partial charge in [-0.2, -0.15) is 0 Å². The Kier molecular flexibility index (Phi) is 16.5. The Labute approximate surface area is 503 Å². The van der Waals surface area contributed by atoms with Crippen LogP contribution in [0, 0.1) is 25.5 Å². The van der Waals surface area contributed by atoms with E-state index in [0.29, 0.717) is 81.2 Å². The largest absolute Gasteiger partial charge is 0.483 e. The first kappa shape index (κ1) is 59.1. The van der Waals surface area contributed by atoms with Crippen molar-refractivity contribution in [2.75, 3.05) is 31.5 Å². The molecular weight excluding hydrogens is 1200 g/mol. The summed E-state index contributed by atoms with van der Waals surface area (Å²) < 4.78 is 132. The van der Waals surface area contributed by atoms with Crippen molar-refractivity contribution < 1.29 is 69.1 Å². The van der Waals surface area contributed by atoms with E-state index in [0.717, 1.165) is 17.7 Å². The minimum absolute atomic E-state index is 0.0698. The molecule has 454 valence electrons. The van der Waals surface area contributed by atoms with E-state index in [1.165, 1.54) is 86.2 Å². The van der Waals surface area contributed by atoms with E-state index in [-0.39, 0.29) is 66.7 Å². The third kappa shape index (κ3) is 13.3. The number of halogens is 6. The number of nitrogens with one attached hydrogen (secondary N) is 2. The minimum atomic E-state index is -3.18. The van der Waals surface area contributed by atoms with Gasteiger partial charge in [-0.1, -0.05) is 0 Å². The van der Waals surface area contributed by atoms with Crippen LogP contribution in [0.5, 0.6) is 23.3 Å². The van der Waals surface area contributed by atoms with Gasteiger partial charge in [-0.3, -0.25) is 10.6 Å². The highest BCUT2D eigenvalue weighted by atomic mass is 32.1. The number of nitrogens with zero attached hydrogens (tertiary/aromatic N) is 10. The molecule has 21 nitrogen and oxygen atoms in total. The minimum Gasteiger partial charge on any atom is -0.483 e. The van der Waals surface area contributed by atoms with Crippen LogP contribution in [-0.4, -0.2) is 119 Å². The maximum Gasteiger partial charge on any atom is 0.412 e. The molecule has 0 radical (unpaired) electrons. The van der Waals surface area contributed by atoms with E-state index in [9.17, 15) is 27.2 Å². The normalized spacial score (nSPS) is 18.1. The molecule has 2 fully saturated rings. The summed E-state index contributed by atoms with van der Waals surface area (Å²) in [6.07, 6.45) is -1.84. The van der Waals surface area contributed by atoms with Gasteiger partial charge in [-0.25, -0.2) is 85.8 Å². The molecule has 12 rings (SSSR count). The first-order valence-electron chi connectivity index (χ1n) is 27.4. The number of methoxy groups -OCH3 is 2. The highest BCUT2D eigenvalue weighted by molar-refractivity contribution is 7.22. The summed E-state index contributed by atoms with van der Waals surface area (Å²) in [5.74, 6) is -7.30. The number of thiazole rings is 2. The number of ether oxygens (including phenoxy) is 7. The lowest BCUT2D eigenvalue weighted by atomic mass is 9.91. The summed E-state index contributed by atoms with van der Waals surface area (Å²) in [6.45, 7) is 3.77. The number of anilines is 2. The summed E-state index contributed by atoms with van der Waals surface area (Å²) in [7, 11) is 2.94. The van der Waals surface area contributed by atoms with E-state index >= 15 is 8.78 Å². The number of hydrogen-bond donors (Lipinski definition) is 2.